The Morgan fingerprint density at radius 3 is 2.32 bits per heavy atom. The standard InChI is InChI=1S/C28H33F2N3O3S/c1-4-20-15-31-28(32-16-20)33-12-10-21(11-13-33)17-36-26-24(29)14-23(22-8-6-5-7-9-22)27(25(26)30)37(34,35)18-19(2)3/h5-9,14-16,19,21H,4,10-13,17-18H2,1-3H3. The molecule has 6 nitrogen and oxygen atoms in total. The van der Waals surface area contributed by atoms with Crippen molar-refractivity contribution in [2.45, 2.75) is 44.9 Å². The number of ether oxygens (including phenoxy) is 1. The number of piperidine rings is 1. The fourth-order valence-electron chi connectivity index (χ4n) is 4.57. The summed E-state index contributed by atoms with van der Waals surface area (Å²) in [6.07, 6.45) is 6.01. The number of hydrogen-bond donors (Lipinski definition) is 0. The lowest BCUT2D eigenvalue weighted by Gasteiger charge is -2.32. The average molecular weight is 530 g/mol. The van der Waals surface area contributed by atoms with Gasteiger partial charge in [-0.05, 0) is 48.3 Å². The summed E-state index contributed by atoms with van der Waals surface area (Å²) in [4.78, 5) is 10.4. The van der Waals surface area contributed by atoms with Crippen LogP contribution in [0.3, 0.4) is 0 Å². The number of sulfone groups is 1. The van der Waals surface area contributed by atoms with Crippen molar-refractivity contribution in [2.75, 3.05) is 30.3 Å². The van der Waals surface area contributed by atoms with Gasteiger partial charge in [-0.15, -0.1) is 0 Å². The van der Waals surface area contributed by atoms with Crippen LogP contribution in [0.1, 0.15) is 39.2 Å². The number of benzene rings is 2. The molecule has 9 heteroatoms. The average Bonchev–Trinajstić information content (AvgIpc) is 2.88. The molecule has 1 aliphatic rings. The molecule has 2 aromatic carbocycles. The minimum absolute atomic E-state index is 0.00556. The van der Waals surface area contributed by atoms with Crippen molar-refractivity contribution >= 4 is 15.8 Å². The molecular weight excluding hydrogens is 496 g/mol. The van der Waals surface area contributed by atoms with Crippen LogP contribution in [-0.2, 0) is 16.3 Å². The van der Waals surface area contributed by atoms with Crippen molar-refractivity contribution < 1.29 is 21.9 Å². The molecule has 0 aliphatic carbocycles. The molecule has 1 fully saturated rings. The monoisotopic (exact) mass is 529 g/mol. The lowest BCUT2D eigenvalue weighted by Crippen LogP contribution is -2.36. The van der Waals surface area contributed by atoms with E-state index in [0.29, 0.717) is 24.6 Å². The molecule has 0 amide bonds. The van der Waals surface area contributed by atoms with E-state index in [-0.39, 0.29) is 29.8 Å². The fourth-order valence-corrected chi connectivity index (χ4v) is 6.49. The highest BCUT2D eigenvalue weighted by atomic mass is 32.2. The van der Waals surface area contributed by atoms with Gasteiger partial charge in [0.2, 0.25) is 5.95 Å². The predicted molar refractivity (Wildman–Crippen MR) is 141 cm³/mol. The van der Waals surface area contributed by atoms with E-state index in [1.54, 1.807) is 44.2 Å². The first-order chi connectivity index (χ1) is 17.7. The van der Waals surface area contributed by atoms with Crippen molar-refractivity contribution in [1.82, 2.24) is 9.97 Å². The molecule has 1 aromatic heterocycles. The van der Waals surface area contributed by atoms with E-state index in [0.717, 1.165) is 30.9 Å². The van der Waals surface area contributed by atoms with Crippen LogP contribution in [0.25, 0.3) is 11.1 Å². The summed E-state index contributed by atoms with van der Waals surface area (Å²) < 4.78 is 62.9. The molecule has 0 radical (unpaired) electrons. The molecule has 0 unspecified atom stereocenters. The van der Waals surface area contributed by atoms with Crippen molar-refractivity contribution in [3.8, 4) is 16.9 Å². The van der Waals surface area contributed by atoms with Crippen molar-refractivity contribution in [3.05, 3.63) is 66.0 Å². The molecule has 0 atom stereocenters. The molecule has 37 heavy (non-hydrogen) atoms. The minimum Gasteiger partial charge on any atom is -0.487 e. The van der Waals surface area contributed by atoms with Crippen LogP contribution < -0.4 is 9.64 Å². The Balaban J connectivity index is 1.53. The maximum atomic E-state index is 15.8. The van der Waals surface area contributed by atoms with Crippen LogP contribution in [0, 0.1) is 23.5 Å². The van der Waals surface area contributed by atoms with Gasteiger partial charge in [0.1, 0.15) is 4.90 Å². The number of halogens is 2. The highest BCUT2D eigenvalue weighted by Gasteiger charge is 2.31. The van der Waals surface area contributed by atoms with Gasteiger partial charge >= 0.3 is 0 Å². The topological polar surface area (TPSA) is 72.4 Å². The first-order valence-corrected chi connectivity index (χ1v) is 14.3. The smallest absolute Gasteiger partial charge is 0.225 e. The van der Waals surface area contributed by atoms with Crippen molar-refractivity contribution in [1.29, 1.82) is 0 Å². The molecular formula is C28H33F2N3O3S. The molecule has 0 spiro atoms. The summed E-state index contributed by atoms with van der Waals surface area (Å²) in [6, 6.07) is 9.50. The molecule has 2 heterocycles. The lowest BCUT2D eigenvalue weighted by atomic mass is 9.98. The van der Waals surface area contributed by atoms with Gasteiger partial charge in [-0.2, -0.15) is 0 Å². The van der Waals surface area contributed by atoms with E-state index < -0.39 is 32.1 Å². The first kappa shape index (κ1) is 27.0. The molecule has 1 saturated heterocycles. The quantitative estimate of drug-likeness (QED) is 0.331. The lowest BCUT2D eigenvalue weighted by molar-refractivity contribution is 0.205. The van der Waals surface area contributed by atoms with E-state index in [4.69, 9.17) is 4.74 Å². The maximum absolute atomic E-state index is 15.8. The molecule has 3 aromatic rings. The summed E-state index contributed by atoms with van der Waals surface area (Å²) in [5.74, 6) is -2.46. The van der Waals surface area contributed by atoms with Gasteiger partial charge < -0.3 is 9.64 Å². The van der Waals surface area contributed by atoms with E-state index in [1.807, 2.05) is 19.3 Å². The van der Waals surface area contributed by atoms with Gasteiger partial charge in [0.05, 0.1) is 12.4 Å². The van der Waals surface area contributed by atoms with E-state index in [2.05, 4.69) is 14.9 Å². The Labute approximate surface area is 217 Å². The zero-order valence-corrected chi connectivity index (χ0v) is 22.3. The van der Waals surface area contributed by atoms with Crippen molar-refractivity contribution in [3.63, 3.8) is 0 Å². The zero-order chi connectivity index (χ0) is 26.6. The third-order valence-electron chi connectivity index (χ3n) is 6.54. The van der Waals surface area contributed by atoms with E-state index in [1.165, 1.54) is 0 Å². The summed E-state index contributed by atoms with van der Waals surface area (Å²) in [6.45, 7) is 7.03. The number of hydrogen-bond acceptors (Lipinski definition) is 6. The van der Waals surface area contributed by atoms with Crippen LogP contribution in [0.5, 0.6) is 5.75 Å². The van der Waals surface area contributed by atoms with Gasteiger partial charge in [-0.3, -0.25) is 0 Å². The van der Waals surface area contributed by atoms with Crippen LogP contribution in [0.4, 0.5) is 14.7 Å². The molecule has 198 valence electrons. The van der Waals surface area contributed by atoms with Crippen molar-refractivity contribution in [2.24, 2.45) is 11.8 Å². The van der Waals surface area contributed by atoms with Crippen LogP contribution >= 0.6 is 0 Å². The predicted octanol–water partition coefficient (Wildman–Crippen LogP) is 5.71. The van der Waals surface area contributed by atoms with Crippen LogP contribution in [0.2, 0.25) is 0 Å². The molecule has 0 saturated carbocycles. The summed E-state index contributed by atoms with van der Waals surface area (Å²) in [5.41, 5.74) is 1.51. The van der Waals surface area contributed by atoms with Gasteiger partial charge in [0.15, 0.2) is 27.2 Å². The number of aromatic nitrogens is 2. The maximum Gasteiger partial charge on any atom is 0.225 e. The van der Waals surface area contributed by atoms with Crippen LogP contribution in [-0.4, -0.2) is 43.8 Å². The van der Waals surface area contributed by atoms with E-state index in [9.17, 15) is 8.42 Å². The van der Waals surface area contributed by atoms with E-state index >= 15 is 8.78 Å². The summed E-state index contributed by atoms with van der Waals surface area (Å²) in [5, 5.41) is 0. The largest absolute Gasteiger partial charge is 0.487 e. The number of rotatable bonds is 9. The number of aryl methyl sites for hydroxylation is 1. The normalized spacial score (nSPS) is 14.8. The Bertz CT molecular complexity index is 1310. The molecule has 1 aliphatic heterocycles. The summed E-state index contributed by atoms with van der Waals surface area (Å²) in [7, 11) is -4.04. The van der Waals surface area contributed by atoms with Gasteiger partial charge in [-0.25, -0.2) is 27.2 Å². The molecule has 0 bridgehead atoms. The third kappa shape index (κ3) is 6.26. The second-order valence-corrected chi connectivity index (χ2v) is 11.9. The number of nitrogens with zero attached hydrogens (tertiary/aromatic N) is 3. The van der Waals surface area contributed by atoms with Crippen LogP contribution in [0.15, 0.2) is 53.7 Å². The Hall–Kier alpha value is -3.07. The Kier molecular flexibility index (Phi) is 8.42. The molecule has 4 rings (SSSR count). The number of anilines is 1. The molecule has 0 N–H and O–H groups in total. The zero-order valence-electron chi connectivity index (χ0n) is 21.5. The Morgan fingerprint density at radius 1 is 1.08 bits per heavy atom. The SMILES string of the molecule is CCc1cnc(N2CCC(COc3c(F)cc(-c4ccccc4)c(S(=O)(=O)CC(C)C)c3F)CC2)nc1. The highest BCUT2D eigenvalue weighted by molar-refractivity contribution is 7.91. The second-order valence-electron chi connectivity index (χ2n) is 9.91. The van der Waals surface area contributed by atoms with Gasteiger partial charge in [0, 0.05) is 31.0 Å². The second kappa shape index (κ2) is 11.5. The minimum atomic E-state index is -4.04. The first-order valence-electron chi connectivity index (χ1n) is 12.7. The van der Waals surface area contributed by atoms with Gasteiger partial charge in [0.25, 0.3) is 0 Å². The third-order valence-corrected chi connectivity index (χ3v) is 8.67. The fraction of sp³-hybridized carbons (Fsp3) is 0.429. The van der Waals surface area contributed by atoms with Gasteiger partial charge in [-0.1, -0.05) is 51.1 Å². The summed E-state index contributed by atoms with van der Waals surface area (Å²) >= 11 is 0. The Morgan fingerprint density at radius 2 is 1.73 bits per heavy atom. The highest BCUT2D eigenvalue weighted by Crippen LogP contribution is 2.38.